The molecule has 1 aromatic heterocycles. The SMILES string of the molecule is Cc1nn(C)c(N2CC(C)OCC2C)c1CC(C)N. The van der Waals surface area contributed by atoms with E-state index in [9.17, 15) is 0 Å². The zero-order valence-corrected chi connectivity index (χ0v) is 12.7. The van der Waals surface area contributed by atoms with Crippen molar-refractivity contribution in [3.63, 3.8) is 0 Å². The largest absolute Gasteiger partial charge is 0.375 e. The van der Waals surface area contributed by atoms with Gasteiger partial charge >= 0.3 is 0 Å². The van der Waals surface area contributed by atoms with Crippen LogP contribution >= 0.6 is 0 Å². The normalized spacial score (nSPS) is 25.7. The second kappa shape index (κ2) is 5.51. The summed E-state index contributed by atoms with van der Waals surface area (Å²) in [5.41, 5.74) is 8.34. The van der Waals surface area contributed by atoms with Gasteiger partial charge in [-0.05, 0) is 34.1 Å². The molecule has 0 spiro atoms. The van der Waals surface area contributed by atoms with Crippen molar-refractivity contribution in [1.29, 1.82) is 0 Å². The molecule has 2 rings (SSSR count). The molecule has 1 aliphatic heterocycles. The van der Waals surface area contributed by atoms with Crippen molar-refractivity contribution in [2.24, 2.45) is 12.8 Å². The van der Waals surface area contributed by atoms with Gasteiger partial charge in [0.05, 0.1) is 24.4 Å². The van der Waals surface area contributed by atoms with Crippen LogP contribution in [0.5, 0.6) is 0 Å². The first-order valence-electron chi connectivity index (χ1n) is 7.06. The number of ether oxygens (including phenoxy) is 1. The second-order valence-corrected chi connectivity index (χ2v) is 5.84. The first-order valence-corrected chi connectivity index (χ1v) is 7.06. The van der Waals surface area contributed by atoms with E-state index in [0.717, 1.165) is 25.3 Å². The average Bonchev–Trinajstić information content (AvgIpc) is 2.57. The molecule has 0 amide bonds. The third kappa shape index (κ3) is 2.92. The number of nitrogens with zero attached hydrogens (tertiary/aromatic N) is 3. The first-order chi connectivity index (χ1) is 8.90. The van der Waals surface area contributed by atoms with E-state index >= 15 is 0 Å². The van der Waals surface area contributed by atoms with Gasteiger partial charge in [0.1, 0.15) is 5.82 Å². The van der Waals surface area contributed by atoms with Gasteiger partial charge < -0.3 is 15.4 Å². The number of aromatic nitrogens is 2. The predicted octanol–water partition coefficient (Wildman–Crippen LogP) is 1.23. The van der Waals surface area contributed by atoms with Crippen LogP contribution in [-0.4, -0.2) is 41.1 Å². The van der Waals surface area contributed by atoms with Gasteiger partial charge in [-0.15, -0.1) is 0 Å². The lowest BCUT2D eigenvalue weighted by Crippen LogP contribution is -2.48. The Balaban J connectivity index is 2.36. The topological polar surface area (TPSA) is 56.3 Å². The van der Waals surface area contributed by atoms with Crippen LogP contribution in [0, 0.1) is 6.92 Å². The highest BCUT2D eigenvalue weighted by molar-refractivity contribution is 5.52. The maximum atomic E-state index is 5.98. The number of aryl methyl sites for hydroxylation is 2. The molecule has 0 bridgehead atoms. The second-order valence-electron chi connectivity index (χ2n) is 5.84. The summed E-state index contributed by atoms with van der Waals surface area (Å²) in [4.78, 5) is 2.41. The van der Waals surface area contributed by atoms with Crippen LogP contribution in [0.15, 0.2) is 0 Å². The van der Waals surface area contributed by atoms with Crippen molar-refractivity contribution in [2.45, 2.75) is 52.3 Å². The van der Waals surface area contributed by atoms with E-state index in [4.69, 9.17) is 10.5 Å². The molecule has 2 heterocycles. The van der Waals surface area contributed by atoms with Crippen LogP contribution < -0.4 is 10.6 Å². The van der Waals surface area contributed by atoms with E-state index in [2.05, 4.69) is 30.8 Å². The lowest BCUT2D eigenvalue weighted by atomic mass is 10.1. The Labute approximate surface area is 115 Å². The van der Waals surface area contributed by atoms with E-state index < -0.39 is 0 Å². The molecule has 1 fully saturated rings. The fraction of sp³-hybridized carbons (Fsp3) is 0.786. The molecule has 1 saturated heterocycles. The summed E-state index contributed by atoms with van der Waals surface area (Å²) in [7, 11) is 2.01. The Kier molecular flexibility index (Phi) is 4.16. The molecular weight excluding hydrogens is 240 g/mol. The van der Waals surface area contributed by atoms with Crippen molar-refractivity contribution in [3.05, 3.63) is 11.3 Å². The maximum absolute atomic E-state index is 5.98. The quantitative estimate of drug-likeness (QED) is 0.894. The van der Waals surface area contributed by atoms with E-state index in [1.807, 2.05) is 18.7 Å². The van der Waals surface area contributed by atoms with Crippen molar-refractivity contribution in [1.82, 2.24) is 9.78 Å². The molecule has 2 N–H and O–H groups in total. The van der Waals surface area contributed by atoms with E-state index in [1.165, 1.54) is 11.4 Å². The predicted molar refractivity (Wildman–Crippen MR) is 77.5 cm³/mol. The minimum atomic E-state index is 0.149. The zero-order chi connectivity index (χ0) is 14.2. The van der Waals surface area contributed by atoms with Crippen LogP contribution in [-0.2, 0) is 18.2 Å². The Hall–Kier alpha value is -1.07. The van der Waals surface area contributed by atoms with E-state index in [0.29, 0.717) is 6.04 Å². The van der Waals surface area contributed by atoms with Crippen molar-refractivity contribution in [3.8, 4) is 0 Å². The summed E-state index contributed by atoms with van der Waals surface area (Å²) in [6.07, 6.45) is 1.13. The smallest absolute Gasteiger partial charge is 0.130 e. The van der Waals surface area contributed by atoms with Crippen molar-refractivity contribution in [2.75, 3.05) is 18.1 Å². The molecule has 19 heavy (non-hydrogen) atoms. The Morgan fingerprint density at radius 1 is 1.47 bits per heavy atom. The molecule has 3 atom stereocenters. The Morgan fingerprint density at radius 2 is 2.16 bits per heavy atom. The fourth-order valence-corrected chi connectivity index (χ4v) is 2.81. The molecule has 3 unspecified atom stereocenters. The minimum absolute atomic E-state index is 0.149. The highest BCUT2D eigenvalue weighted by Crippen LogP contribution is 2.28. The molecular formula is C14H26N4O. The molecule has 0 saturated carbocycles. The van der Waals surface area contributed by atoms with Crippen LogP contribution in [0.1, 0.15) is 32.0 Å². The molecule has 1 aromatic rings. The Bertz CT molecular complexity index is 441. The average molecular weight is 266 g/mol. The van der Waals surface area contributed by atoms with Gasteiger partial charge in [0.2, 0.25) is 0 Å². The third-order valence-electron chi connectivity index (χ3n) is 3.72. The summed E-state index contributed by atoms with van der Waals surface area (Å²) in [6.45, 7) is 10.1. The standard InChI is InChI=1S/C14H26N4O/c1-9(15)6-13-12(4)16-17(5)14(13)18-7-11(3)19-8-10(18)2/h9-11H,6-8,15H2,1-5H3. The molecule has 5 heteroatoms. The van der Waals surface area contributed by atoms with Crippen LogP contribution in [0.2, 0.25) is 0 Å². The van der Waals surface area contributed by atoms with E-state index in [1.54, 1.807) is 0 Å². The lowest BCUT2D eigenvalue weighted by molar-refractivity contribution is 0.0337. The summed E-state index contributed by atoms with van der Waals surface area (Å²) in [6, 6.07) is 0.522. The summed E-state index contributed by atoms with van der Waals surface area (Å²) in [5.74, 6) is 1.21. The van der Waals surface area contributed by atoms with Gasteiger partial charge in [-0.3, -0.25) is 4.68 Å². The fourth-order valence-electron chi connectivity index (χ4n) is 2.81. The number of hydrogen-bond acceptors (Lipinski definition) is 4. The van der Waals surface area contributed by atoms with Crippen LogP contribution in [0.4, 0.5) is 5.82 Å². The van der Waals surface area contributed by atoms with E-state index in [-0.39, 0.29) is 12.1 Å². The molecule has 108 valence electrons. The highest BCUT2D eigenvalue weighted by atomic mass is 16.5. The van der Waals surface area contributed by atoms with Gasteiger partial charge in [0.15, 0.2) is 0 Å². The number of hydrogen-bond donors (Lipinski definition) is 1. The van der Waals surface area contributed by atoms with Gasteiger partial charge in [-0.1, -0.05) is 0 Å². The lowest BCUT2D eigenvalue weighted by Gasteiger charge is -2.38. The molecule has 0 aromatic carbocycles. The number of anilines is 1. The van der Waals surface area contributed by atoms with Crippen molar-refractivity contribution < 1.29 is 4.74 Å². The molecule has 1 aliphatic rings. The van der Waals surface area contributed by atoms with Gasteiger partial charge in [-0.25, -0.2) is 0 Å². The van der Waals surface area contributed by atoms with Crippen molar-refractivity contribution >= 4 is 5.82 Å². The third-order valence-corrected chi connectivity index (χ3v) is 3.72. The highest BCUT2D eigenvalue weighted by Gasteiger charge is 2.28. The summed E-state index contributed by atoms with van der Waals surface area (Å²) in [5, 5.41) is 4.58. The molecule has 5 nitrogen and oxygen atoms in total. The first kappa shape index (κ1) is 14.3. The monoisotopic (exact) mass is 266 g/mol. The molecule has 0 aliphatic carbocycles. The van der Waals surface area contributed by atoms with Crippen LogP contribution in [0.25, 0.3) is 0 Å². The molecule has 0 radical (unpaired) electrons. The number of morpholine rings is 1. The number of rotatable bonds is 3. The maximum Gasteiger partial charge on any atom is 0.130 e. The van der Waals surface area contributed by atoms with Gasteiger partial charge in [0.25, 0.3) is 0 Å². The summed E-state index contributed by atoms with van der Waals surface area (Å²) >= 11 is 0. The Morgan fingerprint density at radius 3 is 2.79 bits per heavy atom. The zero-order valence-electron chi connectivity index (χ0n) is 12.7. The van der Waals surface area contributed by atoms with Crippen LogP contribution in [0.3, 0.4) is 0 Å². The minimum Gasteiger partial charge on any atom is -0.375 e. The van der Waals surface area contributed by atoms with Gasteiger partial charge in [-0.2, -0.15) is 5.10 Å². The summed E-state index contributed by atoms with van der Waals surface area (Å²) < 4.78 is 7.70. The van der Waals surface area contributed by atoms with Gasteiger partial charge in [0, 0.05) is 25.2 Å². The number of nitrogens with two attached hydrogens (primary N) is 1.